The van der Waals surface area contributed by atoms with E-state index in [1.807, 2.05) is 36.5 Å². The van der Waals surface area contributed by atoms with Gasteiger partial charge in [0.2, 0.25) is 0 Å². The zero-order valence-electron chi connectivity index (χ0n) is 12.5. The zero-order chi connectivity index (χ0) is 15.9. The third-order valence-corrected chi connectivity index (χ3v) is 3.26. The van der Waals surface area contributed by atoms with Crippen LogP contribution in [0.1, 0.15) is 16.7 Å². The summed E-state index contributed by atoms with van der Waals surface area (Å²) in [6.07, 6.45) is 5.19. The molecular weight excluding hydrogens is 293 g/mol. The van der Waals surface area contributed by atoms with Crippen molar-refractivity contribution in [1.29, 1.82) is 0 Å². The SMILES string of the molecule is Fc1ccc(Cn2cc(/C=N/OCc3ccccc3)cn2)cc1. The Morgan fingerprint density at radius 3 is 2.61 bits per heavy atom. The van der Waals surface area contributed by atoms with E-state index in [4.69, 9.17) is 4.84 Å². The average molecular weight is 309 g/mol. The van der Waals surface area contributed by atoms with Gasteiger partial charge >= 0.3 is 0 Å². The first kappa shape index (κ1) is 15.0. The minimum atomic E-state index is -0.238. The van der Waals surface area contributed by atoms with Crippen molar-refractivity contribution in [2.24, 2.45) is 5.16 Å². The lowest BCUT2D eigenvalue weighted by Gasteiger charge is -2.01. The van der Waals surface area contributed by atoms with Gasteiger partial charge in [-0.3, -0.25) is 4.68 Å². The normalized spacial score (nSPS) is 11.0. The molecule has 1 heterocycles. The topological polar surface area (TPSA) is 39.4 Å². The molecule has 3 rings (SSSR count). The van der Waals surface area contributed by atoms with E-state index < -0.39 is 0 Å². The molecule has 0 spiro atoms. The molecule has 0 bridgehead atoms. The molecule has 0 N–H and O–H groups in total. The Kier molecular flexibility index (Phi) is 4.79. The Balaban J connectivity index is 1.52. The summed E-state index contributed by atoms with van der Waals surface area (Å²) in [6, 6.07) is 16.2. The largest absolute Gasteiger partial charge is 0.391 e. The van der Waals surface area contributed by atoms with Crippen molar-refractivity contribution in [2.75, 3.05) is 0 Å². The van der Waals surface area contributed by atoms with Crippen molar-refractivity contribution in [3.05, 3.63) is 89.5 Å². The van der Waals surface area contributed by atoms with Crippen LogP contribution in [0.4, 0.5) is 4.39 Å². The maximum absolute atomic E-state index is 12.9. The van der Waals surface area contributed by atoms with Crippen LogP contribution in [0.2, 0.25) is 0 Å². The quantitative estimate of drug-likeness (QED) is 0.515. The highest BCUT2D eigenvalue weighted by atomic mass is 19.1. The minimum Gasteiger partial charge on any atom is -0.391 e. The highest BCUT2D eigenvalue weighted by Gasteiger charge is 1.99. The molecule has 1 aromatic heterocycles. The number of oxime groups is 1. The maximum atomic E-state index is 12.9. The van der Waals surface area contributed by atoms with Crippen LogP contribution in [0.3, 0.4) is 0 Å². The first-order chi connectivity index (χ1) is 11.3. The van der Waals surface area contributed by atoms with Gasteiger partial charge in [0.15, 0.2) is 0 Å². The monoisotopic (exact) mass is 309 g/mol. The van der Waals surface area contributed by atoms with E-state index in [-0.39, 0.29) is 5.82 Å². The van der Waals surface area contributed by atoms with E-state index in [1.165, 1.54) is 12.1 Å². The molecule has 23 heavy (non-hydrogen) atoms. The number of aromatic nitrogens is 2. The summed E-state index contributed by atoms with van der Waals surface area (Å²) in [5.74, 6) is -0.238. The summed E-state index contributed by atoms with van der Waals surface area (Å²) in [5, 5.41) is 8.19. The number of benzene rings is 2. The molecule has 3 aromatic rings. The molecular formula is C18H16FN3O. The minimum absolute atomic E-state index is 0.238. The summed E-state index contributed by atoms with van der Waals surface area (Å²) in [4.78, 5) is 5.26. The molecule has 0 saturated carbocycles. The van der Waals surface area contributed by atoms with Crippen molar-refractivity contribution in [2.45, 2.75) is 13.2 Å². The molecule has 0 aliphatic rings. The van der Waals surface area contributed by atoms with Crippen LogP contribution in [0, 0.1) is 5.82 Å². The Morgan fingerprint density at radius 2 is 1.83 bits per heavy atom. The lowest BCUT2D eigenvalue weighted by Crippen LogP contribution is -1.99. The second-order valence-electron chi connectivity index (χ2n) is 5.09. The summed E-state index contributed by atoms with van der Waals surface area (Å²) >= 11 is 0. The molecule has 0 fully saturated rings. The summed E-state index contributed by atoms with van der Waals surface area (Å²) in [6.45, 7) is 1.01. The number of nitrogens with zero attached hydrogens (tertiary/aromatic N) is 3. The first-order valence-corrected chi connectivity index (χ1v) is 7.26. The van der Waals surface area contributed by atoms with Gasteiger partial charge in [-0.2, -0.15) is 5.10 Å². The van der Waals surface area contributed by atoms with Crippen molar-refractivity contribution >= 4 is 6.21 Å². The summed E-state index contributed by atoms with van der Waals surface area (Å²) in [7, 11) is 0. The van der Waals surface area contributed by atoms with Crippen molar-refractivity contribution in [3.8, 4) is 0 Å². The fourth-order valence-corrected chi connectivity index (χ4v) is 2.09. The van der Waals surface area contributed by atoms with Crippen LogP contribution in [0.25, 0.3) is 0 Å². The fourth-order valence-electron chi connectivity index (χ4n) is 2.09. The molecule has 0 saturated heterocycles. The lowest BCUT2D eigenvalue weighted by atomic mass is 10.2. The number of hydrogen-bond acceptors (Lipinski definition) is 3. The van der Waals surface area contributed by atoms with Gasteiger partial charge in [0.05, 0.1) is 19.0 Å². The van der Waals surface area contributed by atoms with Crippen LogP contribution in [-0.2, 0) is 18.0 Å². The Bertz CT molecular complexity index is 766. The lowest BCUT2D eigenvalue weighted by molar-refractivity contribution is 0.132. The van der Waals surface area contributed by atoms with Gasteiger partial charge in [0.1, 0.15) is 12.4 Å². The molecule has 0 aliphatic heterocycles. The van der Waals surface area contributed by atoms with Gasteiger partial charge < -0.3 is 4.84 Å². The third kappa shape index (κ3) is 4.51. The van der Waals surface area contributed by atoms with E-state index in [9.17, 15) is 4.39 Å². The van der Waals surface area contributed by atoms with Crippen LogP contribution in [-0.4, -0.2) is 16.0 Å². The van der Waals surface area contributed by atoms with Crippen molar-refractivity contribution in [1.82, 2.24) is 9.78 Å². The second-order valence-corrected chi connectivity index (χ2v) is 5.09. The molecule has 5 heteroatoms. The van der Waals surface area contributed by atoms with Gasteiger partial charge in [-0.1, -0.05) is 47.6 Å². The number of rotatable bonds is 6. The summed E-state index contributed by atoms with van der Waals surface area (Å²) < 4.78 is 14.6. The Hall–Kier alpha value is -2.95. The predicted molar refractivity (Wildman–Crippen MR) is 86.6 cm³/mol. The Morgan fingerprint density at radius 1 is 1.04 bits per heavy atom. The third-order valence-electron chi connectivity index (χ3n) is 3.26. The van der Waals surface area contributed by atoms with E-state index in [0.717, 1.165) is 16.7 Å². The van der Waals surface area contributed by atoms with Gasteiger partial charge in [-0.05, 0) is 23.3 Å². The molecule has 0 aliphatic carbocycles. The van der Waals surface area contributed by atoms with Crippen LogP contribution < -0.4 is 0 Å². The van der Waals surface area contributed by atoms with E-state index in [2.05, 4.69) is 10.3 Å². The molecule has 2 aromatic carbocycles. The molecule has 4 nitrogen and oxygen atoms in total. The standard InChI is InChI=1S/C18H16FN3O/c19-18-8-6-15(7-9-18)12-22-13-17(10-20-22)11-21-23-14-16-4-2-1-3-5-16/h1-11,13H,12,14H2/b21-11+. The highest BCUT2D eigenvalue weighted by Crippen LogP contribution is 2.06. The molecule has 0 unspecified atom stereocenters. The zero-order valence-corrected chi connectivity index (χ0v) is 12.5. The maximum Gasteiger partial charge on any atom is 0.142 e. The molecule has 116 valence electrons. The number of halogens is 1. The van der Waals surface area contributed by atoms with E-state index >= 15 is 0 Å². The predicted octanol–water partition coefficient (Wildman–Crippen LogP) is 3.62. The Labute approximate surface area is 133 Å². The van der Waals surface area contributed by atoms with E-state index in [1.54, 1.807) is 29.2 Å². The second kappa shape index (κ2) is 7.35. The molecule has 0 atom stereocenters. The number of hydrogen-bond donors (Lipinski definition) is 0. The van der Waals surface area contributed by atoms with Gasteiger partial charge in [-0.15, -0.1) is 0 Å². The van der Waals surface area contributed by atoms with E-state index in [0.29, 0.717) is 13.2 Å². The van der Waals surface area contributed by atoms with Crippen LogP contribution in [0.5, 0.6) is 0 Å². The average Bonchev–Trinajstić information content (AvgIpc) is 3.02. The van der Waals surface area contributed by atoms with Crippen LogP contribution in [0.15, 0.2) is 72.1 Å². The molecule has 0 amide bonds. The van der Waals surface area contributed by atoms with Crippen LogP contribution >= 0.6 is 0 Å². The summed E-state index contributed by atoms with van der Waals surface area (Å²) in [5.41, 5.74) is 2.90. The smallest absolute Gasteiger partial charge is 0.142 e. The first-order valence-electron chi connectivity index (χ1n) is 7.26. The van der Waals surface area contributed by atoms with Crippen molar-refractivity contribution < 1.29 is 9.23 Å². The highest BCUT2D eigenvalue weighted by molar-refractivity contribution is 5.78. The van der Waals surface area contributed by atoms with Gasteiger partial charge in [0, 0.05) is 11.8 Å². The fraction of sp³-hybridized carbons (Fsp3) is 0.111. The van der Waals surface area contributed by atoms with Crippen molar-refractivity contribution in [3.63, 3.8) is 0 Å². The molecule has 0 radical (unpaired) electrons. The van der Waals surface area contributed by atoms with Gasteiger partial charge in [0.25, 0.3) is 0 Å². The van der Waals surface area contributed by atoms with Gasteiger partial charge in [-0.25, -0.2) is 4.39 Å².